The Bertz CT molecular complexity index is 1190. The van der Waals surface area contributed by atoms with Crippen molar-refractivity contribution in [3.63, 3.8) is 0 Å². The van der Waals surface area contributed by atoms with Crippen molar-refractivity contribution in [3.05, 3.63) is 71.8 Å². The minimum absolute atomic E-state index is 0.0573. The number of pyridine rings is 1. The van der Waals surface area contributed by atoms with Gasteiger partial charge in [0.25, 0.3) is 0 Å². The van der Waals surface area contributed by atoms with Crippen LogP contribution in [0.4, 0.5) is 4.79 Å². The second-order valence-corrected chi connectivity index (χ2v) is 7.47. The first-order chi connectivity index (χ1) is 14.1. The second kappa shape index (κ2) is 8.32. The summed E-state index contributed by atoms with van der Waals surface area (Å²) < 4.78 is 1.93. The predicted octanol–water partition coefficient (Wildman–Crippen LogP) is 3.31. The van der Waals surface area contributed by atoms with Crippen LogP contribution in [0.1, 0.15) is 11.1 Å². The van der Waals surface area contributed by atoms with Crippen molar-refractivity contribution < 1.29 is 9.59 Å². The summed E-state index contributed by atoms with van der Waals surface area (Å²) in [6, 6.07) is 18.9. The number of imide groups is 1. The summed E-state index contributed by atoms with van der Waals surface area (Å²) in [5.74, 6) is -0.337. The molecule has 29 heavy (non-hydrogen) atoms. The number of aryl methyl sites for hydroxylation is 1. The van der Waals surface area contributed by atoms with Crippen LogP contribution in [0.2, 0.25) is 0 Å². The van der Waals surface area contributed by atoms with Gasteiger partial charge in [-0.1, -0.05) is 60.3 Å². The molecule has 2 aromatic carbocycles. The number of carbonyl (C=O) groups excluding carboxylic acids is 2. The lowest BCUT2D eigenvalue weighted by Gasteiger charge is -2.08. The van der Waals surface area contributed by atoms with Gasteiger partial charge in [0.2, 0.25) is 5.91 Å². The Kier molecular flexibility index (Phi) is 5.44. The second-order valence-electron chi connectivity index (χ2n) is 6.53. The fraction of sp³-hybridized carbons (Fsp3) is 0.143. The minimum atomic E-state index is -0.522. The molecule has 2 N–H and O–H groups in total. The SMILES string of the molecule is Cc1cc2nnc(SCC(=O)NC(=O)NCc3ccccc3)n2c2ccccc12. The van der Waals surface area contributed by atoms with Crippen LogP contribution < -0.4 is 10.6 Å². The number of aromatic nitrogens is 3. The van der Waals surface area contributed by atoms with Gasteiger partial charge in [0.05, 0.1) is 11.3 Å². The fourth-order valence-electron chi connectivity index (χ4n) is 3.08. The Morgan fingerprint density at radius 3 is 2.62 bits per heavy atom. The lowest BCUT2D eigenvalue weighted by atomic mass is 10.1. The van der Waals surface area contributed by atoms with Crippen molar-refractivity contribution in [2.75, 3.05) is 5.75 Å². The van der Waals surface area contributed by atoms with Crippen LogP contribution in [0.3, 0.4) is 0 Å². The molecule has 0 saturated carbocycles. The van der Waals surface area contributed by atoms with Crippen LogP contribution >= 0.6 is 11.8 Å². The summed E-state index contributed by atoms with van der Waals surface area (Å²) in [7, 11) is 0. The first-order valence-corrected chi connectivity index (χ1v) is 10.1. The molecule has 0 aliphatic carbocycles. The molecule has 3 amide bonds. The topological polar surface area (TPSA) is 88.4 Å². The molecule has 0 spiro atoms. The van der Waals surface area contributed by atoms with Crippen LogP contribution in [0.5, 0.6) is 0 Å². The van der Waals surface area contributed by atoms with E-state index >= 15 is 0 Å². The van der Waals surface area contributed by atoms with E-state index in [0.717, 1.165) is 27.7 Å². The van der Waals surface area contributed by atoms with Crippen molar-refractivity contribution in [3.8, 4) is 0 Å². The molecule has 0 atom stereocenters. The third-order valence-electron chi connectivity index (χ3n) is 4.45. The highest BCUT2D eigenvalue weighted by Crippen LogP contribution is 2.25. The van der Waals surface area contributed by atoms with Crippen molar-refractivity contribution in [2.45, 2.75) is 18.6 Å². The van der Waals surface area contributed by atoms with Gasteiger partial charge in [-0.05, 0) is 30.2 Å². The van der Waals surface area contributed by atoms with E-state index in [1.807, 2.05) is 72.0 Å². The number of carbonyl (C=O) groups is 2. The average molecular weight is 405 g/mol. The zero-order valence-corrected chi connectivity index (χ0v) is 16.6. The quantitative estimate of drug-likeness (QED) is 0.498. The molecule has 0 radical (unpaired) electrons. The molecule has 7 nitrogen and oxygen atoms in total. The summed E-state index contributed by atoms with van der Waals surface area (Å²) in [5, 5.41) is 15.1. The zero-order valence-electron chi connectivity index (χ0n) is 15.8. The van der Waals surface area contributed by atoms with Gasteiger partial charge in [-0.15, -0.1) is 10.2 Å². The van der Waals surface area contributed by atoms with Gasteiger partial charge in [-0.2, -0.15) is 0 Å². The van der Waals surface area contributed by atoms with Gasteiger partial charge in [0.15, 0.2) is 10.8 Å². The number of hydrogen-bond donors (Lipinski definition) is 2. The van der Waals surface area contributed by atoms with E-state index in [9.17, 15) is 9.59 Å². The van der Waals surface area contributed by atoms with Crippen molar-refractivity contribution >= 4 is 40.3 Å². The van der Waals surface area contributed by atoms with Crippen LogP contribution in [0.25, 0.3) is 16.6 Å². The minimum Gasteiger partial charge on any atom is -0.334 e. The summed E-state index contributed by atoms with van der Waals surface area (Å²) in [4.78, 5) is 24.1. The number of thioether (sulfide) groups is 1. The number of rotatable bonds is 5. The molecular formula is C21H19N5O2S. The Hall–Kier alpha value is -3.39. The van der Waals surface area contributed by atoms with Crippen LogP contribution in [-0.2, 0) is 11.3 Å². The summed E-state index contributed by atoms with van der Waals surface area (Å²) in [6.45, 7) is 2.39. The van der Waals surface area contributed by atoms with E-state index in [-0.39, 0.29) is 5.75 Å². The van der Waals surface area contributed by atoms with E-state index in [0.29, 0.717) is 11.7 Å². The molecule has 0 aliphatic rings. The van der Waals surface area contributed by atoms with Crippen LogP contribution in [0, 0.1) is 6.92 Å². The molecule has 2 aromatic heterocycles. The van der Waals surface area contributed by atoms with E-state index in [2.05, 4.69) is 20.8 Å². The number of fused-ring (bicyclic) bond motifs is 3. The number of urea groups is 1. The fourth-order valence-corrected chi connectivity index (χ4v) is 3.84. The Labute approximate surface area is 171 Å². The van der Waals surface area contributed by atoms with Gasteiger partial charge >= 0.3 is 6.03 Å². The molecule has 8 heteroatoms. The zero-order chi connectivity index (χ0) is 20.2. The Balaban J connectivity index is 1.40. The average Bonchev–Trinajstić information content (AvgIpc) is 3.14. The van der Waals surface area contributed by atoms with Gasteiger partial charge in [-0.3, -0.25) is 14.5 Å². The molecular weight excluding hydrogens is 386 g/mol. The highest BCUT2D eigenvalue weighted by molar-refractivity contribution is 7.99. The van der Waals surface area contributed by atoms with E-state index in [4.69, 9.17) is 0 Å². The highest BCUT2D eigenvalue weighted by Gasteiger charge is 2.14. The highest BCUT2D eigenvalue weighted by atomic mass is 32.2. The smallest absolute Gasteiger partial charge is 0.321 e. The summed E-state index contributed by atoms with van der Waals surface area (Å²) in [6.07, 6.45) is 0. The van der Waals surface area contributed by atoms with Crippen LogP contribution in [-0.4, -0.2) is 32.3 Å². The maximum atomic E-state index is 12.2. The molecule has 4 rings (SSSR count). The van der Waals surface area contributed by atoms with E-state index in [1.54, 1.807) is 0 Å². The third-order valence-corrected chi connectivity index (χ3v) is 5.38. The molecule has 0 fully saturated rings. The van der Waals surface area contributed by atoms with E-state index in [1.165, 1.54) is 11.8 Å². The van der Waals surface area contributed by atoms with Crippen molar-refractivity contribution in [2.24, 2.45) is 0 Å². The van der Waals surface area contributed by atoms with Gasteiger partial charge < -0.3 is 5.32 Å². The summed E-state index contributed by atoms with van der Waals surface area (Å²) >= 11 is 1.24. The predicted molar refractivity (Wildman–Crippen MR) is 113 cm³/mol. The number of hydrogen-bond acceptors (Lipinski definition) is 5. The number of para-hydroxylation sites is 1. The Morgan fingerprint density at radius 2 is 1.79 bits per heavy atom. The molecule has 4 aromatic rings. The van der Waals surface area contributed by atoms with Crippen LogP contribution in [0.15, 0.2) is 65.8 Å². The molecule has 0 unspecified atom stereocenters. The Morgan fingerprint density at radius 1 is 1.03 bits per heavy atom. The number of amides is 3. The third kappa shape index (κ3) is 4.22. The maximum Gasteiger partial charge on any atom is 0.321 e. The first kappa shape index (κ1) is 18.9. The largest absolute Gasteiger partial charge is 0.334 e. The van der Waals surface area contributed by atoms with Gasteiger partial charge in [-0.25, -0.2) is 4.79 Å². The number of benzene rings is 2. The molecule has 0 bridgehead atoms. The first-order valence-electron chi connectivity index (χ1n) is 9.10. The lowest BCUT2D eigenvalue weighted by molar-refractivity contribution is -0.117. The summed E-state index contributed by atoms with van der Waals surface area (Å²) in [5.41, 5.74) is 3.78. The molecule has 146 valence electrons. The van der Waals surface area contributed by atoms with Gasteiger partial charge in [0, 0.05) is 11.9 Å². The molecule has 2 heterocycles. The van der Waals surface area contributed by atoms with Gasteiger partial charge in [0.1, 0.15) is 0 Å². The lowest BCUT2D eigenvalue weighted by Crippen LogP contribution is -2.39. The van der Waals surface area contributed by atoms with Crippen molar-refractivity contribution in [1.82, 2.24) is 25.2 Å². The number of nitrogens with zero attached hydrogens (tertiary/aromatic N) is 3. The monoisotopic (exact) mass is 405 g/mol. The maximum absolute atomic E-state index is 12.2. The number of nitrogens with one attached hydrogen (secondary N) is 2. The normalized spacial score (nSPS) is 10.9. The standard InChI is InChI=1S/C21H19N5O2S/c1-14-11-18-24-25-21(26(18)17-10-6-5-9-16(14)17)29-13-19(27)23-20(28)22-12-15-7-3-2-4-8-15/h2-11H,12-13H2,1H3,(H2,22,23,27,28). The van der Waals surface area contributed by atoms with E-state index < -0.39 is 11.9 Å². The van der Waals surface area contributed by atoms with Crippen molar-refractivity contribution in [1.29, 1.82) is 0 Å². The molecule has 0 aliphatic heterocycles. The molecule has 0 saturated heterocycles.